The summed E-state index contributed by atoms with van der Waals surface area (Å²) < 4.78 is 18.1. The molecule has 0 aliphatic carbocycles. The minimum atomic E-state index is -1.08. The second kappa shape index (κ2) is 6.72. The van der Waals surface area contributed by atoms with Crippen LogP contribution in [0.5, 0.6) is 5.75 Å². The van der Waals surface area contributed by atoms with Crippen LogP contribution in [0, 0.1) is 5.82 Å². The van der Waals surface area contributed by atoms with Crippen LogP contribution in [0.2, 0.25) is 0 Å². The molecule has 0 saturated carbocycles. The fourth-order valence-electron chi connectivity index (χ4n) is 1.53. The summed E-state index contributed by atoms with van der Waals surface area (Å²) in [7, 11) is 0. The van der Waals surface area contributed by atoms with Crippen LogP contribution in [0.1, 0.15) is 13.8 Å². The highest BCUT2D eigenvalue weighted by Gasteiger charge is 2.22. The van der Waals surface area contributed by atoms with Gasteiger partial charge in [-0.1, -0.05) is 0 Å². The van der Waals surface area contributed by atoms with Gasteiger partial charge in [-0.15, -0.1) is 0 Å². The molecule has 1 N–H and O–H groups in total. The Morgan fingerprint density at radius 3 is 2.42 bits per heavy atom. The number of rotatable bonds is 6. The zero-order valence-corrected chi connectivity index (χ0v) is 10.8. The fraction of sp³-hybridized carbons (Fsp3) is 0.385. The molecule has 0 saturated heterocycles. The second-order valence-electron chi connectivity index (χ2n) is 3.96. The minimum absolute atomic E-state index is 0.280. The van der Waals surface area contributed by atoms with Gasteiger partial charge in [0.25, 0.3) is 5.91 Å². The van der Waals surface area contributed by atoms with Crippen molar-refractivity contribution < 1.29 is 23.8 Å². The van der Waals surface area contributed by atoms with Crippen LogP contribution in [0.15, 0.2) is 24.3 Å². The first-order valence-electron chi connectivity index (χ1n) is 5.86. The Morgan fingerprint density at radius 2 is 1.95 bits per heavy atom. The Kier molecular flexibility index (Phi) is 5.29. The molecular weight excluding hydrogens is 253 g/mol. The molecule has 0 spiro atoms. The molecule has 6 heteroatoms. The maximum absolute atomic E-state index is 12.7. The minimum Gasteiger partial charge on any atom is -0.481 e. The molecule has 0 heterocycles. The van der Waals surface area contributed by atoms with Gasteiger partial charge >= 0.3 is 5.97 Å². The fourth-order valence-corrected chi connectivity index (χ4v) is 1.53. The summed E-state index contributed by atoms with van der Waals surface area (Å²) in [5, 5.41) is 8.69. The normalized spacial score (nSPS) is 11.7. The van der Waals surface area contributed by atoms with Crippen LogP contribution in [0.4, 0.5) is 4.39 Å². The summed E-state index contributed by atoms with van der Waals surface area (Å²) in [4.78, 5) is 23.7. The molecule has 0 fully saturated rings. The van der Waals surface area contributed by atoms with Gasteiger partial charge in [0.15, 0.2) is 6.10 Å². The average Bonchev–Trinajstić information content (AvgIpc) is 2.37. The second-order valence-corrected chi connectivity index (χ2v) is 3.96. The van der Waals surface area contributed by atoms with Gasteiger partial charge in [0, 0.05) is 6.54 Å². The van der Waals surface area contributed by atoms with E-state index in [1.54, 1.807) is 6.92 Å². The van der Waals surface area contributed by atoms with Gasteiger partial charge in [-0.2, -0.15) is 0 Å². The van der Waals surface area contributed by atoms with Crippen LogP contribution in [-0.4, -0.2) is 41.1 Å². The predicted octanol–water partition coefficient (Wildman–Crippen LogP) is 1.53. The maximum atomic E-state index is 12.7. The summed E-state index contributed by atoms with van der Waals surface area (Å²) in [6.07, 6.45) is -0.829. The van der Waals surface area contributed by atoms with Crippen molar-refractivity contribution in [2.24, 2.45) is 0 Å². The van der Waals surface area contributed by atoms with E-state index in [1.807, 2.05) is 0 Å². The van der Waals surface area contributed by atoms with E-state index in [2.05, 4.69) is 0 Å². The zero-order chi connectivity index (χ0) is 14.4. The first-order chi connectivity index (χ1) is 8.93. The monoisotopic (exact) mass is 269 g/mol. The zero-order valence-electron chi connectivity index (χ0n) is 10.8. The van der Waals surface area contributed by atoms with Crippen LogP contribution in [0.3, 0.4) is 0 Å². The smallest absolute Gasteiger partial charge is 0.323 e. The van der Waals surface area contributed by atoms with E-state index in [1.165, 1.54) is 36.1 Å². The number of nitrogens with zero attached hydrogens (tertiary/aromatic N) is 1. The lowest BCUT2D eigenvalue weighted by Gasteiger charge is -2.23. The molecule has 5 nitrogen and oxygen atoms in total. The Balaban J connectivity index is 2.65. The van der Waals surface area contributed by atoms with E-state index in [9.17, 15) is 14.0 Å². The number of aliphatic carboxylic acids is 1. The van der Waals surface area contributed by atoms with E-state index in [-0.39, 0.29) is 13.1 Å². The Bertz CT molecular complexity index is 446. The highest BCUT2D eigenvalue weighted by molar-refractivity contribution is 5.84. The molecule has 1 atom stereocenters. The summed E-state index contributed by atoms with van der Waals surface area (Å²) >= 11 is 0. The highest BCUT2D eigenvalue weighted by Crippen LogP contribution is 2.14. The first-order valence-corrected chi connectivity index (χ1v) is 5.86. The number of hydrogen-bond acceptors (Lipinski definition) is 3. The molecule has 19 heavy (non-hydrogen) atoms. The summed E-state index contributed by atoms with van der Waals surface area (Å²) in [5.41, 5.74) is 0. The molecule has 1 unspecified atom stereocenters. The third-order valence-corrected chi connectivity index (χ3v) is 2.49. The van der Waals surface area contributed by atoms with Gasteiger partial charge in [-0.25, -0.2) is 4.39 Å². The van der Waals surface area contributed by atoms with Crippen molar-refractivity contribution in [2.45, 2.75) is 20.0 Å². The highest BCUT2D eigenvalue weighted by atomic mass is 19.1. The van der Waals surface area contributed by atoms with E-state index < -0.39 is 23.8 Å². The number of carboxylic acids is 1. The number of carboxylic acid groups (broad SMARTS) is 1. The largest absolute Gasteiger partial charge is 0.481 e. The van der Waals surface area contributed by atoms with Crippen LogP contribution >= 0.6 is 0 Å². The molecular formula is C13H16FNO4. The molecule has 0 aromatic heterocycles. The number of benzene rings is 1. The number of carbonyl (C=O) groups is 2. The lowest BCUT2D eigenvalue weighted by Crippen LogP contribution is -2.43. The SMILES string of the molecule is CCN(CC(=O)O)C(=O)C(C)Oc1ccc(F)cc1. The van der Waals surface area contributed by atoms with Gasteiger partial charge in [0.1, 0.15) is 18.1 Å². The Labute approximate surface area is 110 Å². The van der Waals surface area contributed by atoms with Crippen molar-refractivity contribution in [3.63, 3.8) is 0 Å². The van der Waals surface area contributed by atoms with Crippen molar-refractivity contribution in [2.75, 3.05) is 13.1 Å². The lowest BCUT2D eigenvalue weighted by atomic mass is 10.3. The molecule has 0 aliphatic heterocycles. The predicted molar refractivity (Wildman–Crippen MR) is 66.4 cm³/mol. The summed E-state index contributed by atoms with van der Waals surface area (Å²) in [5.74, 6) is -1.54. The summed E-state index contributed by atoms with van der Waals surface area (Å²) in [6, 6.07) is 5.27. The standard InChI is InChI=1S/C13H16FNO4/c1-3-15(8-12(16)17)13(18)9(2)19-11-6-4-10(14)5-7-11/h4-7,9H,3,8H2,1-2H3,(H,16,17). The van der Waals surface area contributed by atoms with Gasteiger partial charge in [-0.05, 0) is 38.1 Å². The Morgan fingerprint density at radius 1 is 1.37 bits per heavy atom. The van der Waals surface area contributed by atoms with E-state index in [4.69, 9.17) is 9.84 Å². The number of amides is 1. The third kappa shape index (κ3) is 4.57. The van der Waals surface area contributed by atoms with Gasteiger partial charge in [0.05, 0.1) is 0 Å². The van der Waals surface area contributed by atoms with Gasteiger partial charge in [0.2, 0.25) is 0 Å². The van der Waals surface area contributed by atoms with Crippen LogP contribution in [0.25, 0.3) is 0 Å². The van der Waals surface area contributed by atoms with Crippen LogP contribution in [-0.2, 0) is 9.59 Å². The van der Waals surface area contributed by atoms with E-state index in [0.717, 1.165) is 0 Å². The topological polar surface area (TPSA) is 66.8 Å². The first kappa shape index (κ1) is 14.9. The third-order valence-electron chi connectivity index (χ3n) is 2.49. The quantitative estimate of drug-likeness (QED) is 0.850. The molecule has 0 bridgehead atoms. The number of halogens is 1. The molecule has 0 aliphatic rings. The summed E-state index contributed by atoms with van der Waals surface area (Å²) in [6.45, 7) is 3.12. The maximum Gasteiger partial charge on any atom is 0.323 e. The van der Waals surface area contributed by atoms with Crippen molar-refractivity contribution in [3.8, 4) is 5.75 Å². The van der Waals surface area contributed by atoms with Crippen molar-refractivity contribution in [1.82, 2.24) is 4.90 Å². The molecule has 1 aromatic rings. The van der Waals surface area contributed by atoms with Gasteiger partial charge in [-0.3, -0.25) is 9.59 Å². The van der Waals surface area contributed by atoms with Crippen molar-refractivity contribution in [1.29, 1.82) is 0 Å². The molecule has 1 amide bonds. The van der Waals surface area contributed by atoms with E-state index >= 15 is 0 Å². The molecule has 1 aromatic carbocycles. The lowest BCUT2D eigenvalue weighted by molar-refractivity contribution is -0.147. The van der Waals surface area contributed by atoms with Crippen LogP contribution < -0.4 is 4.74 Å². The number of likely N-dealkylation sites (N-methyl/N-ethyl adjacent to an activating group) is 1. The molecule has 1 rings (SSSR count). The number of hydrogen-bond donors (Lipinski definition) is 1. The molecule has 0 radical (unpaired) electrons. The number of ether oxygens (including phenoxy) is 1. The van der Waals surface area contributed by atoms with E-state index in [0.29, 0.717) is 5.75 Å². The Hall–Kier alpha value is -2.11. The van der Waals surface area contributed by atoms with Crippen molar-refractivity contribution >= 4 is 11.9 Å². The van der Waals surface area contributed by atoms with Gasteiger partial charge < -0.3 is 14.7 Å². The number of carbonyl (C=O) groups excluding carboxylic acids is 1. The molecule has 104 valence electrons. The average molecular weight is 269 g/mol. The van der Waals surface area contributed by atoms with Crippen molar-refractivity contribution in [3.05, 3.63) is 30.1 Å².